The predicted molar refractivity (Wildman–Crippen MR) is 46.4 cm³/mol. The maximum atomic E-state index is 10.9. The minimum Gasteiger partial charge on any atom is -0.391 e. The second-order valence-electron chi connectivity index (χ2n) is 2.13. The number of carbonyl (C=O) groups is 2. The molecule has 0 atom stereocenters. The first-order chi connectivity index (χ1) is 6.72. The van der Waals surface area contributed by atoms with E-state index < -0.39 is 12.0 Å². The van der Waals surface area contributed by atoms with E-state index in [2.05, 4.69) is 21.3 Å². The number of imide groups is 1. The fourth-order valence-corrected chi connectivity index (χ4v) is 0.611. The van der Waals surface area contributed by atoms with Crippen molar-refractivity contribution in [3.63, 3.8) is 0 Å². The Balaban J connectivity index is 2.50. The van der Waals surface area contributed by atoms with Crippen LogP contribution in [0.5, 0.6) is 5.88 Å². The van der Waals surface area contributed by atoms with Gasteiger partial charge in [-0.2, -0.15) is 0 Å². The molecule has 0 aliphatic rings. The van der Waals surface area contributed by atoms with Crippen molar-refractivity contribution in [1.82, 2.24) is 15.3 Å². The lowest BCUT2D eigenvalue weighted by Crippen LogP contribution is -2.31. The number of aromatic nitrogens is 2. The Hall–Kier alpha value is -2.24. The second kappa shape index (κ2) is 4.70. The average Bonchev–Trinajstić information content (AvgIpc) is 2.19. The topological polar surface area (TPSA) is 81.2 Å². The Bertz CT molecular complexity index is 350. The molecular formula is C8H7N3O3. The molecule has 0 aromatic carbocycles. The van der Waals surface area contributed by atoms with Crippen LogP contribution in [0.1, 0.15) is 0 Å². The number of nitrogens with one attached hydrogen (secondary N) is 1. The van der Waals surface area contributed by atoms with Crippen LogP contribution in [-0.2, 0) is 4.79 Å². The summed E-state index contributed by atoms with van der Waals surface area (Å²) < 4.78 is 4.62. The third kappa shape index (κ3) is 3.02. The van der Waals surface area contributed by atoms with E-state index in [0.717, 1.165) is 6.08 Å². The van der Waals surface area contributed by atoms with Crippen LogP contribution in [0, 0.1) is 0 Å². The number of carbonyl (C=O) groups excluding carboxylic acids is 2. The Morgan fingerprint density at radius 1 is 1.57 bits per heavy atom. The number of hydrogen-bond acceptors (Lipinski definition) is 5. The average molecular weight is 193 g/mol. The predicted octanol–water partition coefficient (Wildman–Crippen LogP) is 0.278. The van der Waals surface area contributed by atoms with Gasteiger partial charge in [-0.3, -0.25) is 10.1 Å². The standard InChI is InChI=1S/C8H7N3O3/c1-2-6(12)11-8(13)14-7-3-4-9-5-10-7/h2-5H,1H2,(H,11,12,13). The normalized spacial score (nSPS) is 8.86. The summed E-state index contributed by atoms with van der Waals surface area (Å²) in [5.74, 6) is -0.571. The third-order valence-corrected chi connectivity index (χ3v) is 1.16. The quantitative estimate of drug-likeness (QED) is 0.682. The summed E-state index contributed by atoms with van der Waals surface area (Å²) in [5.41, 5.74) is 0. The molecule has 6 heteroatoms. The number of rotatable bonds is 2. The fourth-order valence-electron chi connectivity index (χ4n) is 0.611. The third-order valence-electron chi connectivity index (χ3n) is 1.16. The smallest absolute Gasteiger partial charge is 0.391 e. The molecule has 0 bridgehead atoms. The van der Waals surface area contributed by atoms with Gasteiger partial charge in [0.15, 0.2) is 0 Å². The van der Waals surface area contributed by atoms with Crippen LogP contribution in [0.15, 0.2) is 31.2 Å². The first-order valence-electron chi connectivity index (χ1n) is 3.63. The number of ether oxygens (including phenoxy) is 1. The van der Waals surface area contributed by atoms with Crippen LogP contribution < -0.4 is 10.1 Å². The van der Waals surface area contributed by atoms with E-state index in [4.69, 9.17) is 0 Å². The zero-order valence-corrected chi connectivity index (χ0v) is 7.14. The van der Waals surface area contributed by atoms with Gasteiger partial charge in [-0.15, -0.1) is 0 Å². The van der Waals surface area contributed by atoms with E-state index >= 15 is 0 Å². The van der Waals surface area contributed by atoms with Crippen LogP contribution in [0.3, 0.4) is 0 Å². The van der Waals surface area contributed by atoms with Crippen LogP contribution >= 0.6 is 0 Å². The van der Waals surface area contributed by atoms with Gasteiger partial charge < -0.3 is 4.74 Å². The molecule has 72 valence electrons. The summed E-state index contributed by atoms with van der Waals surface area (Å²) in [6, 6.07) is 1.39. The molecule has 0 unspecified atom stereocenters. The Morgan fingerprint density at radius 2 is 2.36 bits per heavy atom. The minimum atomic E-state index is -0.909. The lowest BCUT2D eigenvalue weighted by Gasteiger charge is -2.01. The van der Waals surface area contributed by atoms with E-state index in [1.165, 1.54) is 18.6 Å². The lowest BCUT2D eigenvalue weighted by molar-refractivity contribution is -0.115. The SMILES string of the molecule is C=CC(=O)NC(=O)Oc1ccncn1. The highest BCUT2D eigenvalue weighted by atomic mass is 16.6. The van der Waals surface area contributed by atoms with E-state index in [-0.39, 0.29) is 5.88 Å². The van der Waals surface area contributed by atoms with E-state index in [1.807, 2.05) is 5.32 Å². The van der Waals surface area contributed by atoms with E-state index in [0.29, 0.717) is 0 Å². The molecule has 0 aliphatic carbocycles. The van der Waals surface area contributed by atoms with Crippen molar-refractivity contribution in [3.8, 4) is 5.88 Å². The highest BCUT2D eigenvalue weighted by molar-refractivity contribution is 5.98. The summed E-state index contributed by atoms with van der Waals surface area (Å²) in [4.78, 5) is 28.8. The molecule has 0 aliphatic heterocycles. The molecule has 2 amide bonds. The minimum absolute atomic E-state index is 0.0642. The van der Waals surface area contributed by atoms with Crippen molar-refractivity contribution in [2.45, 2.75) is 0 Å². The van der Waals surface area contributed by atoms with Gasteiger partial charge in [0.2, 0.25) is 5.88 Å². The van der Waals surface area contributed by atoms with Crippen LogP contribution in [0.2, 0.25) is 0 Å². The number of amides is 2. The van der Waals surface area contributed by atoms with Gasteiger partial charge in [-0.05, 0) is 6.08 Å². The maximum absolute atomic E-state index is 10.9. The largest absolute Gasteiger partial charge is 0.420 e. The first-order valence-corrected chi connectivity index (χ1v) is 3.63. The molecule has 6 nitrogen and oxygen atoms in total. The highest BCUT2D eigenvalue weighted by Crippen LogP contribution is 2.00. The molecule has 1 rings (SSSR count). The van der Waals surface area contributed by atoms with Crippen LogP contribution in [0.4, 0.5) is 4.79 Å². The van der Waals surface area contributed by atoms with Crippen molar-refractivity contribution in [2.75, 3.05) is 0 Å². The van der Waals surface area contributed by atoms with Crippen molar-refractivity contribution in [2.24, 2.45) is 0 Å². The molecule has 1 aromatic heterocycles. The maximum Gasteiger partial charge on any atom is 0.420 e. The molecule has 0 radical (unpaired) electrons. The molecule has 1 N–H and O–H groups in total. The van der Waals surface area contributed by atoms with Crippen LogP contribution in [-0.4, -0.2) is 22.0 Å². The van der Waals surface area contributed by atoms with E-state index in [9.17, 15) is 9.59 Å². The summed E-state index contributed by atoms with van der Waals surface area (Å²) in [5, 5.41) is 1.90. The van der Waals surface area contributed by atoms with Gasteiger partial charge >= 0.3 is 6.09 Å². The van der Waals surface area contributed by atoms with Crippen molar-refractivity contribution >= 4 is 12.0 Å². The highest BCUT2D eigenvalue weighted by Gasteiger charge is 2.06. The van der Waals surface area contributed by atoms with Crippen molar-refractivity contribution in [1.29, 1.82) is 0 Å². The van der Waals surface area contributed by atoms with Gasteiger partial charge in [0.25, 0.3) is 5.91 Å². The van der Waals surface area contributed by atoms with Gasteiger partial charge in [0.05, 0.1) is 0 Å². The zero-order chi connectivity index (χ0) is 10.4. The first kappa shape index (κ1) is 9.85. The molecule has 0 fully saturated rings. The van der Waals surface area contributed by atoms with Gasteiger partial charge in [-0.25, -0.2) is 14.8 Å². The van der Waals surface area contributed by atoms with Crippen molar-refractivity contribution < 1.29 is 14.3 Å². The summed E-state index contributed by atoms with van der Waals surface area (Å²) in [6.45, 7) is 3.18. The second-order valence-corrected chi connectivity index (χ2v) is 2.13. The summed E-state index contributed by atoms with van der Waals surface area (Å²) >= 11 is 0. The fraction of sp³-hybridized carbons (Fsp3) is 0. The Morgan fingerprint density at radius 3 is 2.93 bits per heavy atom. The zero-order valence-electron chi connectivity index (χ0n) is 7.14. The molecule has 1 aromatic rings. The van der Waals surface area contributed by atoms with E-state index in [1.54, 1.807) is 0 Å². The number of hydrogen-bond donors (Lipinski definition) is 1. The van der Waals surface area contributed by atoms with Crippen molar-refractivity contribution in [3.05, 3.63) is 31.2 Å². The Kier molecular flexibility index (Phi) is 3.31. The Labute approximate surface area is 79.6 Å². The molecule has 0 saturated heterocycles. The van der Waals surface area contributed by atoms with Gasteiger partial charge in [0, 0.05) is 12.3 Å². The monoisotopic (exact) mass is 193 g/mol. The van der Waals surface area contributed by atoms with Gasteiger partial charge in [-0.1, -0.05) is 6.58 Å². The summed E-state index contributed by atoms with van der Waals surface area (Å²) in [7, 11) is 0. The van der Waals surface area contributed by atoms with Gasteiger partial charge in [0.1, 0.15) is 6.33 Å². The molecule has 0 spiro atoms. The molecule has 0 saturated carbocycles. The molecule has 14 heavy (non-hydrogen) atoms. The number of nitrogens with zero attached hydrogens (tertiary/aromatic N) is 2. The molecule has 1 heterocycles. The lowest BCUT2D eigenvalue weighted by atomic mass is 10.6. The van der Waals surface area contributed by atoms with Crippen LogP contribution in [0.25, 0.3) is 0 Å². The molecular weight excluding hydrogens is 186 g/mol. The summed E-state index contributed by atoms with van der Waals surface area (Å²) in [6.07, 6.45) is 2.68.